The number of hydrogen-bond acceptors (Lipinski definition) is 6. The van der Waals surface area contributed by atoms with E-state index in [1.807, 2.05) is 43.3 Å². The number of guanidine groups is 1. The fraction of sp³-hybridized carbons (Fsp3) is 0.542. The summed E-state index contributed by atoms with van der Waals surface area (Å²) in [6, 6.07) is 11.6. The molecular weight excluding hydrogens is 535 g/mol. The minimum atomic E-state index is -0.0941. The summed E-state index contributed by atoms with van der Waals surface area (Å²) in [6.45, 7) is 8.88. The third-order valence-electron chi connectivity index (χ3n) is 5.19. The van der Waals surface area contributed by atoms with Gasteiger partial charge in [-0.25, -0.2) is 4.99 Å². The lowest BCUT2D eigenvalue weighted by Gasteiger charge is -2.26. The summed E-state index contributed by atoms with van der Waals surface area (Å²) in [5.74, 6) is 3.19. The molecule has 1 saturated heterocycles. The van der Waals surface area contributed by atoms with E-state index < -0.39 is 0 Å². The molecule has 1 aliphatic rings. The standard InChI is InChI=1S/C24H36N4O4.HI/c1-20(32-23-9-4-3-8-22(23)29-2)19-27-24(26-12-10-21-7-5-16-31-21)25-11-6-13-28-14-17-30-18-15-28;/h3-5,7-9,16,20H,6,10-15,17-19H2,1-2H3,(H2,25,26,27);1H. The Kier molecular flexibility index (Phi) is 13.0. The van der Waals surface area contributed by atoms with E-state index in [4.69, 9.17) is 23.6 Å². The average molecular weight is 572 g/mol. The molecule has 1 aromatic heterocycles. The second kappa shape index (κ2) is 15.8. The number of rotatable bonds is 12. The van der Waals surface area contributed by atoms with Crippen LogP contribution in [0.5, 0.6) is 11.5 Å². The molecule has 8 nitrogen and oxygen atoms in total. The van der Waals surface area contributed by atoms with Crippen molar-refractivity contribution in [3.05, 3.63) is 48.4 Å². The van der Waals surface area contributed by atoms with Crippen molar-refractivity contribution in [2.75, 3.05) is 59.6 Å². The SMILES string of the molecule is COc1ccccc1OC(C)CN=C(NCCCN1CCOCC1)NCCc1ccco1.I. The molecule has 184 valence electrons. The lowest BCUT2D eigenvalue weighted by atomic mass is 10.3. The topological polar surface area (TPSA) is 80.5 Å². The maximum absolute atomic E-state index is 6.03. The Hall–Kier alpha value is -1.98. The van der Waals surface area contributed by atoms with Gasteiger partial charge in [0.1, 0.15) is 11.9 Å². The highest BCUT2D eigenvalue weighted by Crippen LogP contribution is 2.26. The van der Waals surface area contributed by atoms with Crippen molar-refractivity contribution < 1.29 is 18.6 Å². The Morgan fingerprint density at radius 1 is 1.09 bits per heavy atom. The Bertz CT molecular complexity index is 798. The highest BCUT2D eigenvalue weighted by Gasteiger charge is 2.11. The number of methoxy groups -OCH3 is 1. The third kappa shape index (κ3) is 10.2. The predicted octanol–water partition coefficient (Wildman–Crippen LogP) is 3.17. The zero-order chi connectivity index (χ0) is 22.4. The van der Waals surface area contributed by atoms with Crippen LogP contribution in [-0.4, -0.2) is 76.6 Å². The molecule has 1 fully saturated rings. The van der Waals surface area contributed by atoms with Crippen LogP contribution in [0.3, 0.4) is 0 Å². The van der Waals surface area contributed by atoms with Crippen molar-refractivity contribution in [3.8, 4) is 11.5 Å². The summed E-state index contributed by atoms with van der Waals surface area (Å²) in [5.41, 5.74) is 0. The molecule has 0 radical (unpaired) electrons. The molecule has 2 aromatic rings. The van der Waals surface area contributed by atoms with E-state index in [2.05, 4.69) is 15.5 Å². The van der Waals surface area contributed by atoms with Gasteiger partial charge in [-0.05, 0) is 44.2 Å². The van der Waals surface area contributed by atoms with Gasteiger partial charge < -0.3 is 29.3 Å². The Morgan fingerprint density at radius 3 is 2.58 bits per heavy atom. The predicted molar refractivity (Wildman–Crippen MR) is 141 cm³/mol. The molecule has 3 rings (SSSR count). The van der Waals surface area contributed by atoms with Crippen molar-refractivity contribution in [2.24, 2.45) is 4.99 Å². The van der Waals surface area contributed by atoms with Crippen LogP contribution in [0.1, 0.15) is 19.1 Å². The van der Waals surface area contributed by atoms with Crippen molar-refractivity contribution in [1.29, 1.82) is 0 Å². The van der Waals surface area contributed by atoms with E-state index in [9.17, 15) is 0 Å². The zero-order valence-electron chi connectivity index (χ0n) is 19.6. The number of ether oxygens (including phenoxy) is 3. The molecule has 1 aliphatic heterocycles. The van der Waals surface area contributed by atoms with Crippen LogP contribution in [0, 0.1) is 0 Å². The van der Waals surface area contributed by atoms with Gasteiger partial charge in [0.2, 0.25) is 0 Å². The molecule has 0 aliphatic carbocycles. The van der Waals surface area contributed by atoms with E-state index in [1.165, 1.54) is 0 Å². The summed E-state index contributed by atoms with van der Waals surface area (Å²) in [6.07, 6.45) is 3.45. The first-order valence-corrected chi connectivity index (χ1v) is 11.4. The molecule has 2 heterocycles. The van der Waals surface area contributed by atoms with E-state index in [0.29, 0.717) is 6.54 Å². The van der Waals surface area contributed by atoms with Crippen molar-refractivity contribution in [3.63, 3.8) is 0 Å². The largest absolute Gasteiger partial charge is 0.493 e. The van der Waals surface area contributed by atoms with Gasteiger partial charge in [-0.15, -0.1) is 24.0 Å². The number of morpholine rings is 1. The second-order valence-corrected chi connectivity index (χ2v) is 7.76. The molecule has 0 spiro atoms. The maximum atomic E-state index is 6.03. The van der Waals surface area contributed by atoms with Crippen LogP contribution in [-0.2, 0) is 11.2 Å². The van der Waals surface area contributed by atoms with Gasteiger partial charge >= 0.3 is 0 Å². The van der Waals surface area contributed by atoms with E-state index in [0.717, 1.165) is 82.0 Å². The van der Waals surface area contributed by atoms with E-state index in [-0.39, 0.29) is 30.1 Å². The fourth-order valence-corrected chi connectivity index (χ4v) is 3.46. The number of para-hydroxylation sites is 2. The smallest absolute Gasteiger partial charge is 0.191 e. The molecule has 1 unspecified atom stereocenters. The second-order valence-electron chi connectivity index (χ2n) is 7.76. The molecular formula is C24H37IN4O4. The summed E-state index contributed by atoms with van der Waals surface area (Å²) in [7, 11) is 1.65. The zero-order valence-corrected chi connectivity index (χ0v) is 22.0. The third-order valence-corrected chi connectivity index (χ3v) is 5.19. The Balaban J connectivity index is 0.00000385. The molecule has 0 saturated carbocycles. The number of nitrogens with one attached hydrogen (secondary N) is 2. The molecule has 9 heteroatoms. The summed E-state index contributed by atoms with van der Waals surface area (Å²) < 4.78 is 22.2. The normalized spacial score (nSPS) is 15.4. The quantitative estimate of drug-likeness (QED) is 0.175. The van der Waals surface area contributed by atoms with Crippen LogP contribution >= 0.6 is 24.0 Å². The van der Waals surface area contributed by atoms with Gasteiger partial charge in [-0.3, -0.25) is 4.90 Å². The lowest BCUT2D eigenvalue weighted by molar-refractivity contribution is 0.0376. The molecule has 0 amide bonds. The van der Waals surface area contributed by atoms with Crippen LogP contribution in [0.25, 0.3) is 0 Å². The summed E-state index contributed by atoms with van der Waals surface area (Å²) in [5, 5.41) is 6.85. The molecule has 0 bridgehead atoms. The number of halogens is 1. The van der Waals surface area contributed by atoms with Crippen LogP contribution in [0.4, 0.5) is 0 Å². The van der Waals surface area contributed by atoms with Gasteiger partial charge in [0, 0.05) is 32.6 Å². The highest BCUT2D eigenvalue weighted by molar-refractivity contribution is 14.0. The highest BCUT2D eigenvalue weighted by atomic mass is 127. The first kappa shape index (κ1) is 27.3. The van der Waals surface area contributed by atoms with Crippen LogP contribution in [0.2, 0.25) is 0 Å². The van der Waals surface area contributed by atoms with Crippen molar-refractivity contribution in [1.82, 2.24) is 15.5 Å². The van der Waals surface area contributed by atoms with Gasteiger partial charge in [-0.1, -0.05) is 12.1 Å². The first-order chi connectivity index (χ1) is 15.7. The van der Waals surface area contributed by atoms with Gasteiger partial charge in [-0.2, -0.15) is 0 Å². The maximum Gasteiger partial charge on any atom is 0.191 e. The molecule has 1 atom stereocenters. The Labute approximate surface area is 214 Å². The fourth-order valence-electron chi connectivity index (χ4n) is 3.46. The average Bonchev–Trinajstić information content (AvgIpc) is 3.34. The van der Waals surface area contributed by atoms with Gasteiger partial charge in [0.25, 0.3) is 0 Å². The van der Waals surface area contributed by atoms with Gasteiger partial charge in [0.05, 0.1) is 33.1 Å². The number of hydrogen-bond donors (Lipinski definition) is 2. The first-order valence-electron chi connectivity index (χ1n) is 11.4. The summed E-state index contributed by atoms with van der Waals surface area (Å²) in [4.78, 5) is 7.18. The number of benzene rings is 1. The number of aliphatic imine (C=N–C) groups is 1. The summed E-state index contributed by atoms with van der Waals surface area (Å²) >= 11 is 0. The van der Waals surface area contributed by atoms with Crippen molar-refractivity contribution in [2.45, 2.75) is 25.9 Å². The van der Waals surface area contributed by atoms with E-state index >= 15 is 0 Å². The molecule has 33 heavy (non-hydrogen) atoms. The number of furan rings is 1. The number of nitrogens with zero attached hydrogens (tertiary/aromatic N) is 2. The molecule has 2 N–H and O–H groups in total. The Morgan fingerprint density at radius 2 is 1.85 bits per heavy atom. The van der Waals surface area contributed by atoms with E-state index in [1.54, 1.807) is 13.4 Å². The monoisotopic (exact) mass is 572 g/mol. The lowest BCUT2D eigenvalue weighted by Crippen LogP contribution is -2.41. The van der Waals surface area contributed by atoms with Gasteiger partial charge in [0.15, 0.2) is 17.5 Å². The van der Waals surface area contributed by atoms with Crippen LogP contribution in [0.15, 0.2) is 52.1 Å². The van der Waals surface area contributed by atoms with Crippen LogP contribution < -0.4 is 20.1 Å². The minimum absolute atomic E-state index is 0. The molecule has 1 aromatic carbocycles. The van der Waals surface area contributed by atoms with Crippen molar-refractivity contribution >= 4 is 29.9 Å². The minimum Gasteiger partial charge on any atom is -0.493 e.